The fraction of sp³-hybridized carbons (Fsp3) is 0.0909. The van der Waals surface area contributed by atoms with Crippen LogP contribution in [0.3, 0.4) is 0 Å². The highest BCUT2D eigenvalue weighted by atomic mass is 16.4. The van der Waals surface area contributed by atoms with Crippen LogP contribution in [0.25, 0.3) is 28.0 Å². The van der Waals surface area contributed by atoms with Gasteiger partial charge in [-0.3, -0.25) is 0 Å². The Balaban J connectivity index is 1.94. The first kappa shape index (κ1) is 17.4. The first-order valence-corrected chi connectivity index (χ1v) is 8.69. The number of aryl methyl sites for hydroxylation is 1. The molecular formula is C22H17N5O. The van der Waals surface area contributed by atoms with E-state index in [4.69, 9.17) is 11.6 Å². The van der Waals surface area contributed by atoms with Crippen LogP contribution in [0.2, 0.25) is 0 Å². The highest BCUT2D eigenvalue weighted by Gasteiger charge is 2.13. The topological polar surface area (TPSA) is 76.2 Å². The summed E-state index contributed by atoms with van der Waals surface area (Å²) in [6.45, 7) is 3.63. The van der Waals surface area contributed by atoms with Crippen LogP contribution in [-0.4, -0.2) is 30.7 Å². The van der Waals surface area contributed by atoms with Crippen LogP contribution in [0.1, 0.15) is 23.9 Å². The third-order valence-electron chi connectivity index (χ3n) is 4.50. The van der Waals surface area contributed by atoms with Gasteiger partial charge in [-0.05, 0) is 50.2 Å². The van der Waals surface area contributed by atoms with E-state index in [1.165, 1.54) is 0 Å². The molecule has 6 nitrogen and oxygen atoms in total. The molecule has 0 saturated carbocycles. The van der Waals surface area contributed by atoms with Gasteiger partial charge in [-0.25, -0.2) is 14.6 Å². The molecule has 1 aromatic carbocycles. The van der Waals surface area contributed by atoms with Crippen LogP contribution in [0.5, 0.6) is 0 Å². The van der Waals surface area contributed by atoms with E-state index in [0.29, 0.717) is 11.4 Å². The van der Waals surface area contributed by atoms with Crippen LogP contribution in [0, 0.1) is 19.3 Å². The van der Waals surface area contributed by atoms with Gasteiger partial charge in [-0.2, -0.15) is 5.10 Å². The van der Waals surface area contributed by atoms with E-state index in [0.717, 1.165) is 39.2 Å². The predicted octanol–water partition coefficient (Wildman–Crippen LogP) is 3.97. The number of pyridine rings is 2. The molecule has 0 aliphatic rings. The standard InChI is InChI=1S/C22H17N5O/c1-4-16-11-17(20-9-6-8-19(25-20)15(3)26-28)12-21-18(16)13-23-27(21)22-10-5-7-14(2)24-22/h1,5-13,28H,2-3H3. The van der Waals surface area contributed by atoms with Crippen molar-refractivity contribution < 1.29 is 5.21 Å². The maximum absolute atomic E-state index is 9.03. The number of terminal acetylenes is 1. The molecule has 0 aliphatic heterocycles. The number of fused-ring (bicyclic) bond motifs is 1. The van der Waals surface area contributed by atoms with Crippen molar-refractivity contribution in [3.8, 4) is 29.4 Å². The van der Waals surface area contributed by atoms with Gasteiger partial charge in [0, 0.05) is 22.2 Å². The van der Waals surface area contributed by atoms with Gasteiger partial charge in [-0.15, -0.1) is 6.42 Å². The number of nitrogens with zero attached hydrogens (tertiary/aromatic N) is 5. The highest BCUT2D eigenvalue weighted by molar-refractivity contribution is 5.97. The molecule has 0 unspecified atom stereocenters. The zero-order valence-electron chi connectivity index (χ0n) is 15.5. The van der Waals surface area contributed by atoms with E-state index in [1.807, 2.05) is 49.4 Å². The summed E-state index contributed by atoms with van der Waals surface area (Å²) in [5, 5.41) is 17.6. The van der Waals surface area contributed by atoms with Gasteiger partial charge >= 0.3 is 0 Å². The molecule has 3 aromatic heterocycles. The minimum atomic E-state index is 0.439. The minimum Gasteiger partial charge on any atom is -0.411 e. The average molecular weight is 367 g/mol. The zero-order valence-corrected chi connectivity index (χ0v) is 15.5. The molecule has 1 N–H and O–H groups in total. The summed E-state index contributed by atoms with van der Waals surface area (Å²) in [6, 6.07) is 15.2. The van der Waals surface area contributed by atoms with Gasteiger partial charge in [0.15, 0.2) is 5.82 Å². The first-order chi connectivity index (χ1) is 13.6. The Bertz CT molecular complexity index is 1260. The molecule has 0 amide bonds. The molecule has 0 fully saturated rings. The van der Waals surface area contributed by atoms with Gasteiger partial charge < -0.3 is 5.21 Å². The van der Waals surface area contributed by atoms with Crippen molar-refractivity contribution in [3.05, 3.63) is 71.7 Å². The zero-order chi connectivity index (χ0) is 19.7. The summed E-state index contributed by atoms with van der Waals surface area (Å²) in [5.74, 6) is 3.46. The Hall–Kier alpha value is -3.98. The summed E-state index contributed by atoms with van der Waals surface area (Å²) in [4.78, 5) is 9.15. The maximum Gasteiger partial charge on any atom is 0.154 e. The molecule has 0 radical (unpaired) electrons. The number of aromatic nitrogens is 4. The molecule has 6 heteroatoms. The van der Waals surface area contributed by atoms with E-state index in [9.17, 15) is 0 Å². The molecule has 28 heavy (non-hydrogen) atoms. The Kier molecular flexibility index (Phi) is 4.34. The molecule has 4 aromatic rings. The van der Waals surface area contributed by atoms with Crippen molar-refractivity contribution in [2.45, 2.75) is 13.8 Å². The van der Waals surface area contributed by atoms with Crippen molar-refractivity contribution in [3.63, 3.8) is 0 Å². The van der Waals surface area contributed by atoms with E-state index in [1.54, 1.807) is 23.9 Å². The van der Waals surface area contributed by atoms with Gasteiger partial charge in [0.25, 0.3) is 0 Å². The molecular weight excluding hydrogens is 350 g/mol. The predicted molar refractivity (Wildman–Crippen MR) is 109 cm³/mol. The van der Waals surface area contributed by atoms with Gasteiger partial charge in [0.1, 0.15) is 5.71 Å². The van der Waals surface area contributed by atoms with Crippen LogP contribution >= 0.6 is 0 Å². The summed E-state index contributed by atoms with van der Waals surface area (Å²) < 4.78 is 1.77. The monoisotopic (exact) mass is 367 g/mol. The molecule has 0 aliphatic carbocycles. The van der Waals surface area contributed by atoms with E-state index in [2.05, 4.69) is 26.1 Å². The lowest BCUT2D eigenvalue weighted by molar-refractivity contribution is 0.319. The van der Waals surface area contributed by atoms with Crippen molar-refractivity contribution >= 4 is 16.6 Å². The number of hydrogen-bond donors (Lipinski definition) is 1. The normalized spacial score (nSPS) is 11.5. The lowest BCUT2D eigenvalue weighted by atomic mass is 10.0. The Morgan fingerprint density at radius 2 is 1.96 bits per heavy atom. The number of benzene rings is 1. The molecule has 0 saturated heterocycles. The fourth-order valence-electron chi connectivity index (χ4n) is 3.07. The second-order valence-electron chi connectivity index (χ2n) is 6.39. The van der Waals surface area contributed by atoms with Crippen LogP contribution in [0.15, 0.2) is 59.9 Å². The Morgan fingerprint density at radius 3 is 2.71 bits per heavy atom. The third-order valence-corrected chi connectivity index (χ3v) is 4.50. The molecule has 0 bridgehead atoms. The van der Waals surface area contributed by atoms with Crippen molar-refractivity contribution in [2.75, 3.05) is 0 Å². The average Bonchev–Trinajstić information content (AvgIpc) is 3.16. The van der Waals surface area contributed by atoms with Crippen molar-refractivity contribution in [1.82, 2.24) is 19.7 Å². The lowest BCUT2D eigenvalue weighted by Gasteiger charge is -2.08. The quantitative estimate of drug-likeness (QED) is 0.257. The highest BCUT2D eigenvalue weighted by Crippen LogP contribution is 2.28. The van der Waals surface area contributed by atoms with E-state index < -0.39 is 0 Å². The summed E-state index contributed by atoms with van der Waals surface area (Å²) in [6.07, 6.45) is 7.51. The van der Waals surface area contributed by atoms with Crippen molar-refractivity contribution in [1.29, 1.82) is 0 Å². The van der Waals surface area contributed by atoms with Gasteiger partial charge in [0.2, 0.25) is 0 Å². The summed E-state index contributed by atoms with van der Waals surface area (Å²) >= 11 is 0. The second-order valence-corrected chi connectivity index (χ2v) is 6.39. The van der Waals surface area contributed by atoms with Crippen LogP contribution in [-0.2, 0) is 0 Å². The lowest BCUT2D eigenvalue weighted by Crippen LogP contribution is -2.01. The molecule has 4 rings (SSSR count). The number of hydrogen-bond acceptors (Lipinski definition) is 5. The summed E-state index contributed by atoms with van der Waals surface area (Å²) in [5.41, 5.74) is 5.09. The van der Waals surface area contributed by atoms with E-state index >= 15 is 0 Å². The SMILES string of the molecule is C#Cc1cc(-c2cccc(C(C)=NO)n2)cc2c1cnn2-c1cccc(C)n1. The van der Waals surface area contributed by atoms with E-state index in [-0.39, 0.29) is 0 Å². The molecule has 3 heterocycles. The molecule has 0 spiro atoms. The molecule has 0 atom stereocenters. The second kappa shape index (κ2) is 6.97. The minimum absolute atomic E-state index is 0.439. The Morgan fingerprint density at radius 1 is 1.14 bits per heavy atom. The fourth-order valence-corrected chi connectivity index (χ4v) is 3.07. The van der Waals surface area contributed by atoms with Gasteiger partial charge in [0.05, 0.1) is 23.1 Å². The Labute approximate surface area is 162 Å². The van der Waals surface area contributed by atoms with Crippen molar-refractivity contribution in [2.24, 2.45) is 5.16 Å². The van der Waals surface area contributed by atoms with Gasteiger partial charge in [-0.1, -0.05) is 23.2 Å². The number of rotatable bonds is 3. The molecule has 136 valence electrons. The first-order valence-electron chi connectivity index (χ1n) is 8.69. The smallest absolute Gasteiger partial charge is 0.154 e. The largest absolute Gasteiger partial charge is 0.411 e. The number of oxime groups is 1. The maximum atomic E-state index is 9.03. The van der Waals surface area contributed by atoms with Crippen LogP contribution in [0.4, 0.5) is 0 Å². The van der Waals surface area contributed by atoms with Crippen LogP contribution < -0.4 is 0 Å². The summed E-state index contributed by atoms with van der Waals surface area (Å²) in [7, 11) is 0. The third kappa shape index (κ3) is 2.99.